The number of nitrogens with two attached hydrogens (primary N) is 1. The first-order valence-corrected chi connectivity index (χ1v) is 7.64. The van der Waals surface area contributed by atoms with Gasteiger partial charge in [-0.25, -0.2) is 0 Å². The van der Waals surface area contributed by atoms with Gasteiger partial charge in [0.25, 0.3) is 0 Å². The number of oxime groups is 1. The highest BCUT2D eigenvalue weighted by Gasteiger charge is 2.41. The number of carbonyl (C=O) groups is 1. The molecule has 0 aromatic carbocycles. The van der Waals surface area contributed by atoms with E-state index in [-0.39, 0.29) is 17.0 Å². The third-order valence-electron chi connectivity index (χ3n) is 3.89. The zero-order valence-electron chi connectivity index (χ0n) is 10.5. The van der Waals surface area contributed by atoms with Gasteiger partial charge in [0.05, 0.1) is 5.25 Å². The fourth-order valence-corrected chi connectivity index (χ4v) is 3.98. The summed E-state index contributed by atoms with van der Waals surface area (Å²) >= 11 is 1.72. The van der Waals surface area contributed by atoms with Gasteiger partial charge in [0.1, 0.15) is 5.54 Å². The second kappa shape index (κ2) is 5.82. The Morgan fingerprint density at radius 3 is 2.61 bits per heavy atom. The van der Waals surface area contributed by atoms with E-state index in [9.17, 15) is 4.79 Å². The molecule has 1 heterocycles. The summed E-state index contributed by atoms with van der Waals surface area (Å²) in [5.74, 6) is 1.25. The van der Waals surface area contributed by atoms with E-state index in [2.05, 4.69) is 10.5 Å². The fraction of sp³-hybridized carbons (Fsp3) is 0.833. The van der Waals surface area contributed by atoms with Crippen molar-refractivity contribution in [2.45, 2.75) is 55.7 Å². The number of hydrogen-bond acceptors (Lipinski definition) is 4. The molecule has 0 aromatic heterocycles. The third kappa shape index (κ3) is 2.74. The molecule has 2 rings (SSSR count). The molecule has 1 saturated heterocycles. The molecular formula is C12H21N3O2S. The summed E-state index contributed by atoms with van der Waals surface area (Å²) < 4.78 is 0. The lowest BCUT2D eigenvalue weighted by molar-refractivity contribution is -0.122. The lowest BCUT2D eigenvalue weighted by Crippen LogP contribution is -2.57. The highest BCUT2D eigenvalue weighted by molar-refractivity contribution is 8.00. The molecule has 0 aromatic rings. The molecule has 2 fully saturated rings. The van der Waals surface area contributed by atoms with E-state index in [0.29, 0.717) is 0 Å². The summed E-state index contributed by atoms with van der Waals surface area (Å²) in [5, 5.41) is 15.1. The minimum absolute atomic E-state index is 0.0303. The van der Waals surface area contributed by atoms with Crippen molar-refractivity contribution in [3.63, 3.8) is 0 Å². The molecule has 1 amide bonds. The summed E-state index contributed by atoms with van der Waals surface area (Å²) in [6.45, 7) is 0. The number of amidine groups is 1. The molecule has 1 aliphatic heterocycles. The van der Waals surface area contributed by atoms with Gasteiger partial charge in [-0.3, -0.25) is 4.79 Å². The maximum atomic E-state index is 12.3. The van der Waals surface area contributed by atoms with Crippen molar-refractivity contribution in [1.82, 2.24) is 5.32 Å². The molecule has 1 unspecified atom stereocenters. The minimum atomic E-state index is -0.607. The molecule has 0 spiro atoms. The highest BCUT2D eigenvalue weighted by atomic mass is 32.2. The van der Waals surface area contributed by atoms with Crippen LogP contribution in [0.25, 0.3) is 0 Å². The Bertz CT molecular complexity index is 334. The predicted molar refractivity (Wildman–Crippen MR) is 72.8 cm³/mol. The summed E-state index contributed by atoms with van der Waals surface area (Å²) in [4.78, 5) is 12.3. The molecule has 6 heteroatoms. The van der Waals surface area contributed by atoms with Crippen LogP contribution in [-0.4, -0.2) is 33.5 Å². The summed E-state index contributed by atoms with van der Waals surface area (Å²) in [5.41, 5.74) is 5.16. The summed E-state index contributed by atoms with van der Waals surface area (Å²) in [7, 11) is 0. The zero-order valence-corrected chi connectivity index (χ0v) is 11.3. The number of nitrogens with one attached hydrogen (secondary N) is 1. The van der Waals surface area contributed by atoms with E-state index < -0.39 is 5.54 Å². The molecule has 0 bridgehead atoms. The molecule has 4 N–H and O–H groups in total. The maximum absolute atomic E-state index is 12.3. The lowest BCUT2D eigenvalue weighted by Gasteiger charge is -2.31. The van der Waals surface area contributed by atoms with Gasteiger partial charge in [-0.2, -0.15) is 0 Å². The minimum Gasteiger partial charge on any atom is -0.409 e. The first-order valence-electron chi connectivity index (χ1n) is 6.59. The van der Waals surface area contributed by atoms with Crippen LogP contribution in [0.15, 0.2) is 5.16 Å². The Morgan fingerprint density at radius 2 is 2.06 bits per heavy atom. The lowest BCUT2D eigenvalue weighted by atomic mass is 9.95. The number of thioether (sulfide) groups is 1. The second-order valence-corrected chi connectivity index (χ2v) is 6.43. The van der Waals surface area contributed by atoms with Gasteiger partial charge in [0, 0.05) is 0 Å². The molecular weight excluding hydrogens is 250 g/mol. The quantitative estimate of drug-likeness (QED) is 0.314. The van der Waals surface area contributed by atoms with Crippen LogP contribution in [0.5, 0.6) is 0 Å². The fourth-order valence-electron chi connectivity index (χ4n) is 2.78. The number of nitrogens with zero attached hydrogens (tertiary/aromatic N) is 1. The zero-order chi connectivity index (χ0) is 13.0. The topological polar surface area (TPSA) is 87.7 Å². The first-order chi connectivity index (χ1) is 8.68. The monoisotopic (exact) mass is 271 g/mol. The standard InChI is InChI=1S/C12H21N3O2S/c13-11(15-17)12(6-2-3-7-12)14-10(16)9-5-1-4-8-18-9/h9,17H,1-8H2,(H2,13,15)(H,14,16). The van der Waals surface area contributed by atoms with Crippen molar-refractivity contribution in [2.24, 2.45) is 10.9 Å². The number of carbonyl (C=O) groups excluding carboxylic acids is 1. The van der Waals surface area contributed by atoms with Gasteiger partial charge in [-0.15, -0.1) is 11.8 Å². The van der Waals surface area contributed by atoms with E-state index in [0.717, 1.165) is 44.3 Å². The van der Waals surface area contributed by atoms with E-state index in [1.54, 1.807) is 11.8 Å². The Morgan fingerprint density at radius 1 is 1.33 bits per heavy atom. The van der Waals surface area contributed by atoms with E-state index >= 15 is 0 Å². The highest BCUT2D eigenvalue weighted by Crippen LogP contribution is 2.32. The van der Waals surface area contributed by atoms with Crippen LogP contribution >= 0.6 is 11.8 Å². The van der Waals surface area contributed by atoms with Crippen LogP contribution in [0.4, 0.5) is 0 Å². The van der Waals surface area contributed by atoms with Gasteiger partial charge in [0.15, 0.2) is 5.84 Å². The SMILES string of the molecule is NC(=NO)C1(NC(=O)C2CCCCS2)CCCC1. The Kier molecular flexibility index (Phi) is 4.37. The van der Waals surface area contributed by atoms with Crippen LogP contribution in [0.1, 0.15) is 44.9 Å². The van der Waals surface area contributed by atoms with Crippen LogP contribution in [-0.2, 0) is 4.79 Å². The van der Waals surface area contributed by atoms with Crippen molar-refractivity contribution in [3.8, 4) is 0 Å². The number of amides is 1. The predicted octanol–water partition coefficient (Wildman–Crippen LogP) is 1.45. The second-order valence-electron chi connectivity index (χ2n) is 5.12. The Balaban J connectivity index is 2.02. The first kappa shape index (κ1) is 13.5. The van der Waals surface area contributed by atoms with Gasteiger partial charge in [0.2, 0.25) is 5.91 Å². The van der Waals surface area contributed by atoms with Crippen molar-refractivity contribution in [1.29, 1.82) is 0 Å². The van der Waals surface area contributed by atoms with Gasteiger partial charge in [-0.05, 0) is 31.4 Å². The normalized spacial score (nSPS) is 28.0. The number of rotatable bonds is 3. The molecule has 2 aliphatic rings. The third-order valence-corrected chi connectivity index (χ3v) is 5.27. The van der Waals surface area contributed by atoms with E-state index in [1.807, 2.05) is 0 Å². The summed E-state index contributed by atoms with van der Waals surface area (Å²) in [6.07, 6.45) is 6.80. The molecule has 102 valence electrons. The summed E-state index contributed by atoms with van der Waals surface area (Å²) in [6, 6.07) is 0. The molecule has 1 aliphatic carbocycles. The van der Waals surface area contributed by atoms with Crippen molar-refractivity contribution >= 4 is 23.5 Å². The van der Waals surface area contributed by atoms with Crippen LogP contribution in [0.2, 0.25) is 0 Å². The smallest absolute Gasteiger partial charge is 0.233 e. The van der Waals surface area contributed by atoms with Crippen LogP contribution in [0.3, 0.4) is 0 Å². The maximum Gasteiger partial charge on any atom is 0.233 e. The van der Waals surface area contributed by atoms with Crippen molar-refractivity contribution in [2.75, 3.05) is 5.75 Å². The van der Waals surface area contributed by atoms with Gasteiger partial charge >= 0.3 is 0 Å². The van der Waals surface area contributed by atoms with E-state index in [4.69, 9.17) is 10.9 Å². The molecule has 5 nitrogen and oxygen atoms in total. The van der Waals surface area contributed by atoms with Gasteiger partial charge < -0.3 is 16.3 Å². The Hall–Kier alpha value is -0.910. The largest absolute Gasteiger partial charge is 0.409 e. The van der Waals surface area contributed by atoms with E-state index in [1.165, 1.54) is 6.42 Å². The molecule has 18 heavy (non-hydrogen) atoms. The van der Waals surface area contributed by atoms with Crippen molar-refractivity contribution < 1.29 is 10.0 Å². The number of hydrogen-bond donors (Lipinski definition) is 3. The Labute approximate surface area is 112 Å². The van der Waals surface area contributed by atoms with Crippen LogP contribution < -0.4 is 11.1 Å². The molecule has 1 atom stereocenters. The average molecular weight is 271 g/mol. The van der Waals surface area contributed by atoms with Gasteiger partial charge in [-0.1, -0.05) is 24.4 Å². The van der Waals surface area contributed by atoms with Crippen molar-refractivity contribution in [3.05, 3.63) is 0 Å². The van der Waals surface area contributed by atoms with Crippen LogP contribution in [0, 0.1) is 0 Å². The molecule has 0 radical (unpaired) electrons. The molecule has 1 saturated carbocycles. The average Bonchev–Trinajstić information content (AvgIpc) is 2.88.